The van der Waals surface area contributed by atoms with Crippen molar-refractivity contribution in [2.24, 2.45) is 0 Å². The molecule has 6 nitrogen and oxygen atoms in total. The molecule has 6 heteroatoms. The number of hydrogen-bond donors (Lipinski definition) is 1. The molecular formula is C42H32N6. The predicted molar refractivity (Wildman–Crippen MR) is 195 cm³/mol. The lowest BCUT2D eigenvalue weighted by Gasteiger charge is -2.17. The smallest absolute Gasteiger partial charge is 0.164 e. The van der Waals surface area contributed by atoms with Crippen LogP contribution in [0.1, 0.15) is 12.7 Å². The van der Waals surface area contributed by atoms with Gasteiger partial charge >= 0.3 is 0 Å². The lowest BCUT2D eigenvalue weighted by atomic mass is 9.97. The van der Waals surface area contributed by atoms with Gasteiger partial charge in [-0.05, 0) is 53.1 Å². The average Bonchev–Trinajstić information content (AvgIpc) is 3.54. The molecule has 0 unspecified atom stereocenters. The molecule has 0 bridgehead atoms. The highest BCUT2D eigenvalue weighted by Crippen LogP contribution is 2.37. The zero-order valence-corrected chi connectivity index (χ0v) is 26.5. The third-order valence-electron chi connectivity index (χ3n) is 8.56. The second kappa shape index (κ2) is 12.4. The van der Waals surface area contributed by atoms with E-state index in [2.05, 4.69) is 90.4 Å². The molecule has 230 valence electrons. The van der Waals surface area contributed by atoms with Crippen molar-refractivity contribution < 1.29 is 0 Å². The largest absolute Gasteiger partial charge is 0.399 e. The fourth-order valence-electron chi connectivity index (χ4n) is 6.29. The van der Waals surface area contributed by atoms with Crippen LogP contribution in [0.4, 0.5) is 5.69 Å². The molecule has 2 heterocycles. The second-order valence-electron chi connectivity index (χ2n) is 11.6. The minimum Gasteiger partial charge on any atom is -0.399 e. The van der Waals surface area contributed by atoms with Crippen LogP contribution in [0.15, 0.2) is 152 Å². The van der Waals surface area contributed by atoms with Gasteiger partial charge in [0.05, 0.1) is 16.7 Å². The van der Waals surface area contributed by atoms with Gasteiger partial charge in [0.25, 0.3) is 0 Å². The van der Waals surface area contributed by atoms with Gasteiger partial charge in [0.2, 0.25) is 0 Å². The van der Waals surface area contributed by atoms with Gasteiger partial charge in [0.1, 0.15) is 5.82 Å². The van der Waals surface area contributed by atoms with Crippen LogP contribution in [0.25, 0.3) is 73.1 Å². The number of anilines is 1. The summed E-state index contributed by atoms with van der Waals surface area (Å²) in [6, 6.07) is 51.4. The Labute approximate surface area is 279 Å². The number of nitrogens with two attached hydrogens (primary N) is 1. The first-order valence-electron chi connectivity index (χ1n) is 16.1. The second-order valence-corrected chi connectivity index (χ2v) is 11.6. The van der Waals surface area contributed by atoms with Crippen LogP contribution in [-0.2, 0) is 6.42 Å². The highest BCUT2D eigenvalue weighted by Gasteiger charge is 2.20. The number of imidazole rings is 1. The van der Waals surface area contributed by atoms with E-state index >= 15 is 0 Å². The van der Waals surface area contributed by atoms with E-state index in [9.17, 15) is 0 Å². The SMILES string of the molecule is CCc1nc2ccccc2n1-c1ccccc1-c1ccccc1-c1nc(-c2ccccc2)nc(-c2cccc(-c3cccc(N)c3)c2)n1. The van der Waals surface area contributed by atoms with Gasteiger partial charge in [0, 0.05) is 34.4 Å². The number of hydrogen-bond acceptors (Lipinski definition) is 5. The van der Waals surface area contributed by atoms with Gasteiger partial charge in [-0.25, -0.2) is 19.9 Å². The quantitative estimate of drug-likeness (QED) is 0.179. The molecule has 48 heavy (non-hydrogen) atoms. The van der Waals surface area contributed by atoms with Gasteiger partial charge in [-0.3, -0.25) is 4.57 Å². The number of benzene rings is 6. The van der Waals surface area contributed by atoms with Gasteiger partial charge in [-0.2, -0.15) is 0 Å². The number of aromatic nitrogens is 5. The Bertz CT molecular complexity index is 2410. The molecule has 0 atom stereocenters. The van der Waals surface area contributed by atoms with Crippen molar-refractivity contribution in [3.05, 3.63) is 157 Å². The number of aryl methyl sites for hydroxylation is 1. The van der Waals surface area contributed by atoms with Gasteiger partial charge < -0.3 is 5.73 Å². The van der Waals surface area contributed by atoms with Gasteiger partial charge in [-0.1, -0.05) is 122 Å². The van der Waals surface area contributed by atoms with Crippen LogP contribution in [0.3, 0.4) is 0 Å². The van der Waals surface area contributed by atoms with E-state index in [1.807, 2.05) is 72.8 Å². The van der Waals surface area contributed by atoms with Crippen LogP contribution in [0, 0.1) is 0 Å². The number of nitrogen functional groups attached to an aromatic ring is 1. The first-order chi connectivity index (χ1) is 23.7. The minimum atomic E-state index is 0.599. The van der Waals surface area contributed by atoms with Crippen LogP contribution in [0.5, 0.6) is 0 Å². The Morgan fingerprint density at radius 2 is 1.06 bits per heavy atom. The highest BCUT2D eigenvalue weighted by atomic mass is 15.1. The molecule has 0 radical (unpaired) electrons. The first kappa shape index (κ1) is 29.0. The summed E-state index contributed by atoms with van der Waals surface area (Å²) in [6.07, 6.45) is 0.802. The third kappa shape index (κ3) is 5.39. The molecule has 8 rings (SSSR count). The molecule has 0 aliphatic heterocycles. The van der Waals surface area contributed by atoms with E-state index in [1.165, 1.54) is 0 Å². The summed E-state index contributed by atoms with van der Waals surface area (Å²) in [5.74, 6) is 2.82. The normalized spacial score (nSPS) is 11.2. The number of nitrogens with zero attached hydrogens (tertiary/aromatic N) is 5. The molecule has 0 aliphatic carbocycles. The van der Waals surface area contributed by atoms with E-state index < -0.39 is 0 Å². The molecule has 0 spiro atoms. The van der Waals surface area contributed by atoms with E-state index in [1.54, 1.807) is 0 Å². The van der Waals surface area contributed by atoms with E-state index in [0.29, 0.717) is 17.5 Å². The Morgan fingerprint density at radius 1 is 0.479 bits per heavy atom. The number of rotatable bonds is 7. The maximum atomic E-state index is 6.12. The summed E-state index contributed by atoms with van der Waals surface area (Å²) in [5.41, 5.74) is 16.9. The van der Waals surface area contributed by atoms with Crippen molar-refractivity contribution in [1.29, 1.82) is 0 Å². The summed E-state index contributed by atoms with van der Waals surface area (Å²) < 4.78 is 2.28. The summed E-state index contributed by atoms with van der Waals surface area (Å²) >= 11 is 0. The average molecular weight is 621 g/mol. The summed E-state index contributed by atoms with van der Waals surface area (Å²) in [6.45, 7) is 2.15. The van der Waals surface area contributed by atoms with Crippen LogP contribution in [0.2, 0.25) is 0 Å². The van der Waals surface area contributed by atoms with Crippen molar-refractivity contribution in [2.75, 3.05) is 5.73 Å². The van der Waals surface area contributed by atoms with Crippen LogP contribution in [-0.4, -0.2) is 24.5 Å². The van der Waals surface area contributed by atoms with Crippen molar-refractivity contribution in [1.82, 2.24) is 24.5 Å². The molecule has 0 aliphatic rings. The van der Waals surface area contributed by atoms with Gasteiger partial charge in [0.15, 0.2) is 17.5 Å². The maximum absolute atomic E-state index is 6.12. The summed E-state index contributed by atoms with van der Waals surface area (Å²) in [5, 5.41) is 0. The monoisotopic (exact) mass is 620 g/mol. The molecule has 0 saturated carbocycles. The molecule has 2 N–H and O–H groups in total. The van der Waals surface area contributed by atoms with Gasteiger partial charge in [-0.15, -0.1) is 0 Å². The van der Waals surface area contributed by atoms with Crippen molar-refractivity contribution in [2.45, 2.75) is 13.3 Å². The zero-order chi connectivity index (χ0) is 32.5. The molecule has 6 aromatic carbocycles. The Morgan fingerprint density at radius 3 is 1.85 bits per heavy atom. The topological polar surface area (TPSA) is 82.5 Å². The fourth-order valence-corrected chi connectivity index (χ4v) is 6.29. The zero-order valence-electron chi connectivity index (χ0n) is 26.5. The highest BCUT2D eigenvalue weighted by molar-refractivity contribution is 5.88. The lowest BCUT2D eigenvalue weighted by Crippen LogP contribution is -2.04. The minimum absolute atomic E-state index is 0.599. The molecule has 8 aromatic rings. The number of para-hydroxylation sites is 3. The Kier molecular flexibility index (Phi) is 7.51. The third-order valence-corrected chi connectivity index (χ3v) is 8.56. The number of fused-ring (bicyclic) bond motifs is 1. The summed E-state index contributed by atoms with van der Waals surface area (Å²) in [4.78, 5) is 20.2. The first-order valence-corrected chi connectivity index (χ1v) is 16.1. The van der Waals surface area contributed by atoms with Crippen LogP contribution >= 0.6 is 0 Å². The molecule has 0 saturated heterocycles. The fraction of sp³-hybridized carbons (Fsp3) is 0.0476. The van der Waals surface area contributed by atoms with Crippen LogP contribution < -0.4 is 5.73 Å². The summed E-state index contributed by atoms with van der Waals surface area (Å²) in [7, 11) is 0. The maximum Gasteiger partial charge on any atom is 0.164 e. The van der Waals surface area contributed by atoms with Crippen molar-refractivity contribution in [3.63, 3.8) is 0 Å². The molecule has 0 fully saturated rings. The predicted octanol–water partition coefficient (Wildman–Crippen LogP) is 9.69. The van der Waals surface area contributed by atoms with E-state index in [0.717, 1.165) is 73.6 Å². The van der Waals surface area contributed by atoms with E-state index in [4.69, 9.17) is 25.7 Å². The Balaban J connectivity index is 1.33. The standard InChI is InChI=1S/C42H32N6/c1-2-39-44-36-23-9-11-25-38(36)48(39)37-24-10-8-21-34(37)33-20-6-7-22-35(33)42-46-40(28-14-4-3-5-15-28)45-41(47-42)31-18-12-16-29(26-31)30-17-13-19-32(43)27-30/h3-27H,2,43H2,1H3. The molecule has 2 aromatic heterocycles. The molecule has 0 amide bonds. The van der Waals surface area contributed by atoms with Crippen molar-refractivity contribution in [3.8, 4) is 62.1 Å². The Hall–Kier alpha value is -6.40. The lowest BCUT2D eigenvalue weighted by molar-refractivity contribution is 0.909. The van der Waals surface area contributed by atoms with Crippen molar-refractivity contribution >= 4 is 16.7 Å². The molecular weight excluding hydrogens is 589 g/mol. The van der Waals surface area contributed by atoms with E-state index in [-0.39, 0.29) is 0 Å².